The van der Waals surface area contributed by atoms with E-state index in [0.717, 1.165) is 5.69 Å². The molecule has 1 saturated heterocycles. The summed E-state index contributed by atoms with van der Waals surface area (Å²) in [5.74, 6) is -0.439. The second kappa shape index (κ2) is 7.57. The molecule has 0 atom stereocenters. The van der Waals surface area contributed by atoms with Crippen LogP contribution in [0.2, 0.25) is 0 Å². The van der Waals surface area contributed by atoms with Gasteiger partial charge in [-0.1, -0.05) is 30.3 Å². The largest absolute Gasteiger partial charge is 0.366 e. The summed E-state index contributed by atoms with van der Waals surface area (Å²) in [6.07, 6.45) is 1.75. The molecule has 0 bridgehead atoms. The molecule has 0 aliphatic carbocycles. The van der Waals surface area contributed by atoms with Crippen molar-refractivity contribution in [2.24, 2.45) is 0 Å². The summed E-state index contributed by atoms with van der Waals surface area (Å²) >= 11 is 0. The molecule has 28 heavy (non-hydrogen) atoms. The molecule has 6 heteroatoms. The fourth-order valence-corrected chi connectivity index (χ4v) is 3.55. The van der Waals surface area contributed by atoms with Crippen LogP contribution in [0.4, 0.5) is 10.1 Å². The molecule has 1 aliphatic heterocycles. The lowest BCUT2D eigenvalue weighted by molar-refractivity contribution is 0.0738. The summed E-state index contributed by atoms with van der Waals surface area (Å²) in [5, 5.41) is 9.46. The highest BCUT2D eigenvalue weighted by Gasteiger charge is 2.27. The fourth-order valence-electron chi connectivity index (χ4n) is 3.55. The van der Waals surface area contributed by atoms with Crippen LogP contribution >= 0.6 is 0 Å². The van der Waals surface area contributed by atoms with Gasteiger partial charge < -0.3 is 14.4 Å². The minimum absolute atomic E-state index is 0.182. The molecule has 1 aromatic heterocycles. The summed E-state index contributed by atoms with van der Waals surface area (Å²) in [5.41, 5.74) is 2.11. The summed E-state index contributed by atoms with van der Waals surface area (Å²) in [4.78, 5) is 16.9. The molecule has 4 rings (SSSR count). The van der Waals surface area contributed by atoms with Gasteiger partial charge in [-0.3, -0.25) is 4.79 Å². The van der Waals surface area contributed by atoms with Gasteiger partial charge in [-0.15, -0.1) is 0 Å². The Labute approximate surface area is 162 Å². The lowest BCUT2D eigenvalue weighted by Crippen LogP contribution is -2.49. The maximum absolute atomic E-state index is 14.0. The van der Waals surface area contributed by atoms with Gasteiger partial charge in [0.25, 0.3) is 5.91 Å². The lowest BCUT2D eigenvalue weighted by atomic mass is 10.2. The van der Waals surface area contributed by atoms with Gasteiger partial charge in [-0.2, -0.15) is 5.26 Å². The summed E-state index contributed by atoms with van der Waals surface area (Å²) < 4.78 is 15.8. The Morgan fingerprint density at radius 3 is 2.29 bits per heavy atom. The number of benzene rings is 2. The van der Waals surface area contributed by atoms with Crippen molar-refractivity contribution in [3.8, 4) is 11.8 Å². The van der Waals surface area contributed by atoms with Crippen LogP contribution in [0, 0.1) is 17.1 Å². The smallest absolute Gasteiger partial charge is 0.272 e. The van der Waals surface area contributed by atoms with E-state index in [0.29, 0.717) is 43.1 Å². The molecule has 0 N–H and O–H groups in total. The molecule has 1 aliphatic rings. The molecule has 0 radical (unpaired) electrons. The van der Waals surface area contributed by atoms with Gasteiger partial charge in [-0.25, -0.2) is 4.39 Å². The van der Waals surface area contributed by atoms with Crippen molar-refractivity contribution in [3.05, 3.63) is 83.9 Å². The Morgan fingerprint density at radius 1 is 0.929 bits per heavy atom. The molecular weight excluding hydrogens is 355 g/mol. The zero-order valence-electron chi connectivity index (χ0n) is 15.3. The predicted octanol–water partition coefficient (Wildman–Crippen LogP) is 3.45. The number of anilines is 1. The van der Waals surface area contributed by atoms with Crippen LogP contribution in [0.3, 0.4) is 0 Å². The summed E-state index contributed by atoms with van der Waals surface area (Å²) in [6.45, 7) is 2.03. The minimum atomic E-state index is -0.257. The Morgan fingerprint density at radius 2 is 1.61 bits per heavy atom. The van der Waals surface area contributed by atoms with Crippen molar-refractivity contribution in [1.82, 2.24) is 9.47 Å². The van der Waals surface area contributed by atoms with E-state index in [4.69, 9.17) is 0 Å². The molecule has 2 aromatic carbocycles. The third-order valence-electron chi connectivity index (χ3n) is 5.00. The van der Waals surface area contributed by atoms with Gasteiger partial charge in [0.1, 0.15) is 17.6 Å². The lowest BCUT2D eigenvalue weighted by Gasteiger charge is -2.36. The molecule has 2 heterocycles. The minimum Gasteiger partial charge on any atom is -0.366 e. The number of hydrogen-bond acceptors (Lipinski definition) is 3. The predicted molar refractivity (Wildman–Crippen MR) is 105 cm³/mol. The zero-order chi connectivity index (χ0) is 19.5. The van der Waals surface area contributed by atoms with Crippen molar-refractivity contribution >= 4 is 11.6 Å². The van der Waals surface area contributed by atoms with E-state index in [1.807, 2.05) is 41.3 Å². The van der Waals surface area contributed by atoms with E-state index in [2.05, 4.69) is 6.07 Å². The summed E-state index contributed by atoms with van der Waals surface area (Å²) in [7, 11) is 0. The molecular formula is C22H19FN4O. The number of carbonyl (C=O) groups is 1. The Balaban J connectivity index is 1.56. The van der Waals surface area contributed by atoms with E-state index in [-0.39, 0.29) is 11.7 Å². The second-order valence-corrected chi connectivity index (χ2v) is 6.63. The third kappa shape index (κ3) is 3.23. The van der Waals surface area contributed by atoms with Crippen LogP contribution in [0.15, 0.2) is 66.9 Å². The number of amides is 1. The van der Waals surface area contributed by atoms with E-state index in [1.165, 1.54) is 6.07 Å². The van der Waals surface area contributed by atoms with Crippen molar-refractivity contribution < 1.29 is 9.18 Å². The van der Waals surface area contributed by atoms with Crippen LogP contribution < -0.4 is 4.90 Å². The second-order valence-electron chi connectivity index (χ2n) is 6.63. The van der Waals surface area contributed by atoms with Gasteiger partial charge >= 0.3 is 0 Å². The molecule has 0 spiro atoms. The van der Waals surface area contributed by atoms with E-state index < -0.39 is 0 Å². The van der Waals surface area contributed by atoms with Crippen molar-refractivity contribution in [2.45, 2.75) is 0 Å². The topological polar surface area (TPSA) is 52.3 Å². The number of rotatable bonds is 3. The number of piperazine rings is 1. The van der Waals surface area contributed by atoms with Crippen molar-refractivity contribution in [1.29, 1.82) is 5.26 Å². The Bertz CT molecular complexity index is 1030. The molecule has 1 amide bonds. The standard InChI is InChI=1S/C22H19FN4O/c23-19-8-4-5-9-20(19)25-12-14-26(15-13-25)22(28)21-17(16-24)10-11-27(21)18-6-2-1-3-7-18/h1-11H,12-15H2. The van der Waals surface area contributed by atoms with Crippen molar-refractivity contribution in [3.63, 3.8) is 0 Å². The van der Waals surface area contributed by atoms with E-state index >= 15 is 0 Å². The number of nitrogens with zero attached hydrogens (tertiary/aromatic N) is 4. The fraction of sp³-hybridized carbons (Fsp3) is 0.182. The molecule has 140 valence electrons. The van der Waals surface area contributed by atoms with Gasteiger partial charge in [0.05, 0.1) is 11.3 Å². The molecule has 5 nitrogen and oxygen atoms in total. The number of halogens is 1. The Hall–Kier alpha value is -3.59. The van der Waals surface area contributed by atoms with Crippen LogP contribution in [0.5, 0.6) is 0 Å². The highest BCUT2D eigenvalue weighted by atomic mass is 19.1. The first-order valence-corrected chi connectivity index (χ1v) is 9.14. The highest BCUT2D eigenvalue weighted by Crippen LogP contribution is 2.23. The van der Waals surface area contributed by atoms with Gasteiger partial charge in [0, 0.05) is 38.1 Å². The molecule has 3 aromatic rings. The van der Waals surface area contributed by atoms with Gasteiger partial charge in [0.2, 0.25) is 0 Å². The molecule has 0 saturated carbocycles. The van der Waals surface area contributed by atoms with E-state index in [1.54, 1.807) is 33.9 Å². The Kier molecular flexibility index (Phi) is 4.81. The van der Waals surface area contributed by atoms with Gasteiger partial charge in [-0.05, 0) is 30.3 Å². The first-order chi connectivity index (χ1) is 13.7. The van der Waals surface area contributed by atoms with E-state index in [9.17, 15) is 14.4 Å². The van der Waals surface area contributed by atoms with Crippen LogP contribution in [-0.2, 0) is 0 Å². The maximum Gasteiger partial charge on any atom is 0.272 e. The highest BCUT2D eigenvalue weighted by molar-refractivity contribution is 5.96. The quantitative estimate of drug-likeness (QED) is 0.706. The SMILES string of the molecule is N#Cc1ccn(-c2ccccc2)c1C(=O)N1CCN(c2ccccc2F)CC1. The average molecular weight is 374 g/mol. The first kappa shape index (κ1) is 17.8. The number of carbonyl (C=O) groups excluding carboxylic acids is 1. The zero-order valence-corrected chi connectivity index (χ0v) is 15.3. The van der Waals surface area contributed by atoms with Gasteiger partial charge in [0.15, 0.2) is 0 Å². The first-order valence-electron chi connectivity index (χ1n) is 9.14. The monoisotopic (exact) mass is 374 g/mol. The van der Waals surface area contributed by atoms with Crippen LogP contribution in [-0.4, -0.2) is 41.6 Å². The third-order valence-corrected chi connectivity index (χ3v) is 5.00. The number of nitriles is 1. The van der Waals surface area contributed by atoms with Crippen LogP contribution in [0.25, 0.3) is 5.69 Å². The number of para-hydroxylation sites is 2. The van der Waals surface area contributed by atoms with Crippen LogP contribution in [0.1, 0.15) is 16.1 Å². The number of hydrogen-bond donors (Lipinski definition) is 0. The number of aromatic nitrogens is 1. The normalized spacial score (nSPS) is 14.0. The van der Waals surface area contributed by atoms with Crippen molar-refractivity contribution in [2.75, 3.05) is 31.1 Å². The molecule has 0 unspecified atom stereocenters. The average Bonchev–Trinajstić information content (AvgIpc) is 3.18. The maximum atomic E-state index is 14.0. The summed E-state index contributed by atoms with van der Waals surface area (Å²) in [6, 6.07) is 19.9. The molecule has 1 fully saturated rings.